The summed E-state index contributed by atoms with van der Waals surface area (Å²) in [5.41, 5.74) is -0.0671. The van der Waals surface area contributed by atoms with Crippen molar-refractivity contribution < 1.29 is 30.8 Å². The van der Waals surface area contributed by atoms with Gasteiger partial charge in [0.15, 0.2) is 0 Å². The zero-order valence-electron chi connectivity index (χ0n) is 19.0. The summed E-state index contributed by atoms with van der Waals surface area (Å²) in [4.78, 5) is 16.2. The molecule has 3 aromatic rings. The van der Waals surface area contributed by atoms with Gasteiger partial charge in [-0.15, -0.1) is 0 Å². The van der Waals surface area contributed by atoms with Gasteiger partial charge < -0.3 is 9.80 Å². The molecule has 0 radical (unpaired) electrons. The molecule has 0 bridgehead atoms. The molecule has 0 spiro atoms. The number of hydrogen-bond donors (Lipinski definition) is 0. The molecule has 1 amide bonds. The number of piperazine rings is 1. The molecule has 1 aliphatic heterocycles. The van der Waals surface area contributed by atoms with Crippen molar-refractivity contribution >= 4 is 27.3 Å². The second-order valence-corrected chi connectivity index (χ2v) is 10.1. The fourth-order valence-electron chi connectivity index (χ4n) is 3.96. The zero-order chi connectivity index (χ0) is 25.9. The van der Waals surface area contributed by atoms with E-state index >= 15 is 0 Å². The quantitative estimate of drug-likeness (QED) is 0.452. The Hall–Kier alpha value is -3.60. The zero-order valence-corrected chi connectivity index (χ0v) is 19.8. The Kier molecular flexibility index (Phi) is 7.21. The summed E-state index contributed by atoms with van der Waals surface area (Å²) in [6.07, 6.45) is -4.45. The van der Waals surface area contributed by atoms with Crippen LogP contribution < -0.4 is 9.21 Å². The van der Waals surface area contributed by atoms with Gasteiger partial charge in [0.25, 0.3) is 10.0 Å². The highest BCUT2D eigenvalue weighted by molar-refractivity contribution is 7.92. The molecule has 1 aliphatic rings. The first kappa shape index (κ1) is 25.5. The molecule has 11 heteroatoms. The van der Waals surface area contributed by atoms with E-state index in [1.165, 1.54) is 11.0 Å². The molecular weight excluding hydrogens is 498 g/mol. The Labute approximate surface area is 206 Å². The van der Waals surface area contributed by atoms with Crippen LogP contribution in [-0.4, -0.2) is 51.9 Å². The Morgan fingerprint density at radius 2 is 1.50 bits per heavy atom. The van der Waals surface area contributed by atoms with Crippen molar-refractivity contribution in [2.75, 3.05) is 41.9 Å². The standard InChI is InChI=1S/C25H23F4N3O3S/c26-20-9-11-23(12-10-20)36(34,35)32(21-6-2-1-3-7-21)18-24(33)31-15-13-30(14-16-31)22-8-4-5-19(17-22)25(27,28)29/h1-12,17H,13-16,18H2. The Balaban J connectivity index is 1.49. The van der Waals surface area contributed by atoms with Crippen LogP contribution in [-0.2, 0) is 21.0 Å². The van der Waals surface area contributed by atoms with Crippen molar-refractivity contribution in [3.8, 4) is 0 Å². The maximum Gasteiger partial charge on any atom is 0.416 e. The predicted octanol–water partition coefficient (Wildman–Crippen LogP) is 4.39. The van der Waals surface area contributed by atoms with Crippen LogP contribution in [0.25, 0.3) is 0 Å². The largest absolute Gasteiger partial charge is 0.416 e. The summed E-state index contributed by atoms with van der Waals surface area (Å²) < 4.78 is 80.2. The fraction of sp³-hybridized carbons (Fsp3) is 0.240. The summed E-state index contributed by atoms with van der Waals surface area (Å²) in [5, 5.41) is 0. The molecule has 6 nitrogen and oxygen atoms in total. The monoisotopic (exact) mass is 521 g/mol. The lowest BCUT2D eigenvalue weighted by atomic mass is 10.1. The highest BCUT2D eigenvalue weighted by Crippen LogP contribution is 2.32. The molecule has 0 N–H and O–H groups in total. The topological polar surface area (TPSA) is 60.9 Å². The van der Waals surface area contributed by atoms with Gasteiger partial charge in [-0.2, -0.15) is 13.2 Å². The number of para-hydroxylation sites is 1. The van der Waals surface area contributed by atoms with Crippen molar-refractivity contribution in [1.82, 2.24) is 4.90 Å². The summed E-state index contributed by atoms with van der Waals surface area (Å²) in [7, 11) is -4.17. The number of carbonyl (C=O) groups excluding carboxylic acids is 1. The minimum Gasteiger partial charge on any atom is -0.368 e. The van der Waals surface area contributed by atoms with E-state index in [1.54, 1.807) is 41.3 Å². The Morgan fingerprint density at radius 3 is 2.11 bits per heavy atom. The van der Waals surface area contributed by atoms with E-state index in [0.717, 1.165) is 40.7 Å². The van der Waals surface area contributed by atoms with Gasteiger partial charge in [0.1, 0.15) is 12.4 Å². The Morgan fingerprint density at radius 1 is 0.861 bits per heavy atom. The third kappa shape index (κ3) is 5.62. The van der Waals surface area contributed by atoms with Gasteiger partial charge in [-0.1, -0.05) is 24.3 Å². The number of hydrogen-bond acceptors (Lipinski definition) is 4. The summed E-state index contributed by atoms with van der Waals surface area (Å²) in [6, 6.07) is 17.4. The van der Waals surface area contributed by atoms with Gasteiger partial charge in [-0.25, -0.2) is 12.8 Å². The SMILES string of the molecule is O=C(CN(c1ccccc1)S(=O)(=O)c1ccc(F)cc1)N1CCN(c2cccc(C(F)(F)F)c2)CC1. The molecule has 4 rings (SSSR count). The van der Waals surface area contributed by atoms with Crippen LogP contribution >= 0.6 is 0 Å². The van der Waals surface area contributed by atoms with E-state index in [2.05, 4.69) is 0 Å². The molecule has 0 atom stereocenters. The van der Waals surface area contributed by atoms with E-state index < -0.39 is 40.0 Å². The number of amides is 1. The van der Waals surface area contributed by atoms with Crippen LogP contribution in [0.2, 0.25) is 0 Å². The van der Waals surface area contributed by atoms with E-state index in [-0.39, 0.29) is 23.7 Å². The third-order valence-corrected chi connectivity index (χ3v) is 7.68. The summed E-state index contributed by atoms with van der Waals surface area (Å²) in [6.45, 7) is 0.544. The first-order valence-corrected chi connectivity index (χ1v) is 12.5. The second kappa shape index (κ2) is 10.2. The maximum absolute atomic E-state index is 13.4. The summed E-state index contributed by atoms with van der Waals surface area (Å²) >= 11 is 0. The molecule has 0 aliphatic carbocycles. The molecule has 190 valence electrons. The van der Waals surface area contributed by atoms with Crippen molar-refractivity contribution in [1.29, 1.82) is 0 Å². The van der Waals surface area contributed by atoms with Crippen molar-refractivity contribution in [2.24, 2.45) is 0 Å². The van der Waals surface area contributed by atoms with Crippen molar-refractivity contribution in [2.45, 2.75) is 11.1 Å². The number of halogens is 4. The lowest BCUT2D eigenvalue weighted by Gasteiger charge is -2.37. The summed E-state index contributed by atoms with van der Waals surface area (Å²) in [5.74, 6) is -1.04. The molecule has 36 heavy (non-hydrogen) atoms. The number of nitrogens with zero attached hydrogens (tertiary/aromatic N) is 3. The van der Waals surface area contributed by atoms with Crippen LogP contribution in [0, 0.1) is 5.82 Å². The lowest BCUT2D eigenvalue weighted by molar-refractivity contribution is -0.137. The smallest absolute Gasteiger partial charge is 0.368 e. The van der Waals surface area contributed by atoms with Crippen LogP contribution in [0.3, 0.4) is 0 Å². The first-order chi connectivity index (χ1) is 17.1. The van der Waals surface area contributed by atoms with Gasteiger partial charge in [0.05, 0.1) is 16.1 Å². The fourth-order valence-corrected chi connectivity index (χ4v) is 5.37. The van der Waals surface area contributed by atoms with Gasteiger partial charge in [-0.3, -0.25) is 9.10 Å². The molecule has 3 aromatic carbocycles. The average molecular weight is 522 g/mol. The Bertz CT molecular complexity index is 1310. The highest BCUT2D eigenvalue weighted by atomic mass is 32.2. The highest BCUT2D eigenvalue weighted by Gasteiger charge is 2.32. The van der Waals surface area contributed by atoms with E-state index in [1.807, 2.05) is 0 Å². The van der Waals surface area contributed by atoms with E-state index in [4.69, 9.17) is 0 Å². The van der Waals surface area contributed by atoms with Gasteiger partial charge in [0.2, 0.25) is 5.91 Å². The lowest BCUT2D eigenvalue weighted by Crippen LogP contribution is -2.52. The number of carbonyl (C=O) groups is 1. The average Bonchev–Trinajstić information content (AvgIpc) is 2.87. The minimum absolute atomic E-state index is 0.157. The molecule has 1 fully saturated rings. The van der Waals surface area contributed by atoms with Crippen LogP contribution in [0.1, 0.15) is 5.56 Å². The van der Waals surface area contributed by atoms with E-state index in [0.29, 0.717) is 18.8 Å². The molecule has 1 saturated heterocycles. The van der Waals surface area contributed by atoms with Gasteiger partial charge in [0, 0.05) is 31.9 Å². The molecule has 0 saturated carbocycles. The van der Waals surface area contributed by atoms with Gasteiger partial charge >= 0.3 is 6.18 Å². The molecule has 0 aromatic heterocycles. The first-order valence-electron chi connectivity index (χ1n) is 11.1. The number of sulfonamides is 1. The number of anilines is 2. The van der Waals surface area contributed by atoms with Crippen molar-refractivity contribution in [3.63, 3.8) is 0 Å². The third-order valence-electron chi connectivity index (χ3n) is 5.90. The molecule has 0 unspecified atom stereocenters. The molecular formula is C25H23F4N3O3S. The van der Waals surface area contributed by atoms with E-state index in [9.17, 15) is 30.8 Å². The number of rotatable bonds is 6. The van der Waals surface area contributed by atoms with Gasteiger partial charge in [-0.05, 0) is 54.6 Å². The van der Waals surface area contributed by atoms with Crippen molar-refractivity contribution in [3.05, 3.63) is 90.2 Å². The minimum atomic E-state index is -4.45. The predicted molar refractivity (Wildman–Crippen MR) is 128 cm³/mol. The maximum atomic E-state index is 13.4. The van der Waals surface area contributed by atoms with Crippen LogP contribution in [0.5, 0.6) is 0 Å². The normalized spacial score (nSPS) is 14.6. The number of alkyl halides is 3. The molecule has 1 heterocycles. The van der Waals surface area contributed by atoms with Crippen LogP contribution in [0.4, 0.5) is 28.9 Å². The number of benzene rings is 3. The second-order valence-electron chi connectivity index (χ2n) is 8.22. The van der Waals surface area contributed by atoms with Crippen LogP contribution in [0.15, 0.2) is 83.8 Å².